The van der Waals surface area contributed by atoms with Gasteiger partial charge in [0.1, 0.15) is 10.8 Å². The number of rotatable bonds is 3. The number of carbonyl (C=O) groups excluding carboxylic acids is 1. The molecule has 0 aliphatic carbocycles. The van der Waals surface area contributed by atoms with Crippen molar-refractivity contribution in [2.24, 2.45) is 0 Å². The highest BCUT2D eigenvalue weighted by atomic mass is 35.5. The third-order valence-electron chi connectivity index (χ3n) is 2.15. The minimum atomic E-state index is -0.505. The van der Waals surface area contributed by atoms with Gasteiger partial charge in [0.25, 0.3) is 0 Å². The topological polar surface area (TPSA) is 39.2 Å². The van der Waals surface area contributed by atoms with E-state index in [0.29, 0.717) is 15.6 Å². The van der Waals surface area contributed by atoms with E-state index in [1.165, 1.54) is 23.5 Å². The van der Waals surface area contributed by atoms with Crippen LogP contribution in [0.5, 0.6) is 0 Å². The van der Waals surface area contributed by atoms with Gasteiger partial charge < -0.3 is 4.74 Å². The van der Waals surface area contributed by atoms with Crippen LogP contribution in [0.4, 0.5) is 4.39 Å². The largest absolute Gasteiger partial charge is 0.461 e. The molecule has 1 aromatic carbocycles. The quantitative estimate of drug-likeness (QED) is 0.806. The second-order valence-electron chi connectivity index (χ2n) is 3.38. The predicted molar refractivity (Wildman–Crippen MR) is 68.5 cm³/mol. The average Bonchev–Trinajstić information content (AvgIpc) is 2.78. The zero-order valence-corrected chi connectivity index (χ0v) is 11.0. The van der Waals surface area contributed by atoms with Crippen LogP contribution in [-0.4, -0.2) is 17.6 Å². The highest BCUT2D eigenvalue weighted by Crippen LogP contribution is 2.28. The fourth-order valence-electron chi connectivity index (χ4n) is 1.36. The first-order valence-corrected chi connectivity index (χ1v) is 6.45. The molecular formula is C12H9ClFNO2S. The van der Waals surface area contributed by atoms with Gasteiger partial charge in [-0.1, -0.05) is 11.6 Å². The molecule has 94 valence electrons. The summed E-state index contributed by atoms with van der Waals surface area (Å²) in [4.78, 5) is 15.5. The van der Waals surface area contributed by atoms with Crippen molar-refractivity contribution in [3.8, 4) is 10.6 Å². The molecule has 0 saturated carbocycles. The molecule has 18 heavy (non-hydrogen) atoms. The lowest BCUT2D eigenvalue weighted by molar-refractivity contribution is 0.0520. The fraction of sp³-hybridized carbons (Fsp3) is 0.167. The second-order valence-corrected chi connectivity index (χ2v) is 4.68. The lowest BCUT2D eigenvalue weighted by Gasteiger charge is -1.99. The van der Waals surface area contributed by atoms with Crippen LogP contribution in [-0.2, 0) is 4.74 Å². The van der Waals surface area contributed by atoms with E-state index in [4.69, 9.17) is 16.3 Å². The monoisotopic (exact) mass is 285 g/mol. The maximum Gasteiger partial charge on any atom is 0.357 e. The van der Waals surface area contributed by atoms with Crippen molar-refractivity contribution in [3.63, 3.8) is 0 Å². The first-order valence-electron chi connectivity index (χ1n) is 5.20. The number of hydrogen-bond acceptors (Lipinski definition) is 4. The Morgan fingerprint density at radius 3 is 3.00 bits per heavy atom. The minimum Gasteiger partial charge on any atom is -0.461 e. The van der Waals surface area contributed by atoms with Gasteiger partial charge in [-0.05, 0) is 25.1 Å². The Kier molecular flexibility index (Phi) is 3.93. The summed E-state index contributed by atoms with van der Waals surface area (Å²) in [7, 11) is 0. The van der Waals surface area contributed by atoms with E-state index in [1.807, 2.05) is 0 Å². The number of thiazole rings is 1. The number of nitrogens with zero attached hydrogens (tertiary/aromatic N) is 1. The molecule has 0 amide bonds. The van der Waals surface area contributed by atoms with Gasteiger partial charge in [-0.15, -0.1) is 11.3 Å². The number of aromatic nitrogens is 1. The summed E-state index contributed by atoms with van der Waals surface area (Å²) in [5.41, 5.74) is 0.506. The van der Waals surface area contributed by atoms with E-state index in [0.717, 1.165) is 0 Å². The third kappa shape index (κ3) is 2.68. The van der Waals surface area contributed by atoms with Crippen LogP contribution in [0, 0.1) is 5.82 Å². The van der Waals surface area contributed by atoms with Crippen LogP contribution in [0.2, 0.25) is 5.02 Å². The van der Waals surface area contributed by atoms with E-state index >= 15 is 0 Å². The number of halogens is 2. The van der Waals surface area contributed by atoms with Crippen molar-refractivity contribution in [2.45, 2.75) is 6.92 Å². The van der Waals surface area contributed by atoms with Gasteiger partial charge in [0, 0.05) is 16.0 Å². The number of benzene rings is 1. The Morgan fingerprint density at radius 1 is 1.56 bits per heavy atom. The zero-order valence-electron chi connectivity index (χ0n) is 9.44. The molecule has 0 unspecified atom stereocenters. The Morgan fingerprint density at radius 2 is 2.33 bits per heavy atom. The average molecular weight is 286 g/mol. The van der Waals surface area contributed by atoms with Crippen LogP contribution < -0.4 is 0 Å². The molecule has 6 heteroatoms. The van der Waals surface area contributed by atoms with Crippen LogP contribution in [0.1, 0.15) is 17.4 Å². The first kappa shape index (κ1) is 13.0. The fourth-order valence-corrected chi connectivity index (χ4v) is 2.33. The van der Waals surface area contributed by atoms with Crippen LogP contribution in [0.15, 0.2) is 23.6 Å². The molecule has 1 aromatic heterocycles. The van der Waals surface area contributed by atoms with E-state index < -0.39 is 11.8 Å². The molecule has 0 atom stereocenters. The van der Waals surface area contributed by atoms with Crippen molar-refractivity contribution < 1.29 is 13.9 Å². The Hall–Kier alpha value is -1.46. The molecule has 0 bridgehead atoms. The number of ether oxygens (including phenoxy) is 1. The van der Waals surface area contributed by atoms with E-state index in [-0.39, 0.29) is 12.3 Å². The molecule has 2 rings (SSSR count). The molecule has 3 nitrogen and oxygen atoms in total. The van der Waals surface area contributed by atoms with Crippen molar-refractivity contribution in [2.75, 3.05) is 6.61 Å². The number of carbonyl (C=O) groups is 1. The van der Waals surface area contributed by atoms with Gasteiger partial charge in [-0.3, -0.25) is 0 Å². The summed E-state index contributed by atoms with van der Waals surface area (Å²) in [6.07, 6.45) is 0. The lowest BCUT2D eigenvalue weighted by atomic mass is 10.2. The minimum absolute atomic E-state index is 0.186. The van der Waals surface area contributed by atoms with Gasteiger partial charge >= 0.3 is 5.97 Å². The Labute approximate surface area is 112 Å². The van der Waals surface area contributed by atoms with Gasteiger partial charge in [0.05, 0.1) is 6.61 Å². The molecule has 1 heterocycles. The summed E-state index contributed by atoms with van der Waals surface area (Å²) in [6, 6.07) is 4.32. The summed E-state index contributed by atoms with van der Waals surface area (Å²) in [5, 5.41) is 2.28. The van der Waals surface area contributed by atoms with Crippen molar-refractivity contribution in [1.82, 2.24) is 4.98 Å². The summed E-state index contributed by atoms with van der Waals surface area (Å²) < 4.78 is 18.5. The molecular weight excluding hydrogens is 277 g/mol. The van der Waals surface area contributed by atoms with Gasteiger partial charge in [-0.25, -0.2) is 14.2 Å². The lowest BCUT2D eigenvalue weighted by Crippen LogP contribution is -2.04. The van der Waals surface area contributed by atoms with Crippen LogP contribution >= 0.6 is 22.9 Å². The SMILES string of the molecule is CCOC(=O)c1csc(-c2ccc(Cl)cc2F)n1. The second kappa shape index (κ2) is 5.46. The standard InChI is InChI=1S/C12H9ClFNO2S/c1-2-17-12(16)10-6-18-11(15-10)8-4-3-7(13)5-9(8)14/h3-6H,2H2,1H3. The zero-order chi connectivity index (χ0) is 13.1. The molecule has 0 saturated heterocycles. The third-order valence-corrected chi connectivity index (χ3v) is 3.26. The van der Waals surface area contributed by atoms with E-state index in [9.17, 15) is 9.18 Å². The number of esters is 1. The molecule has 0 aliphatic rings. The van der Waals surface area contributed by atoms with Gasteiger partial charge in [0.15, 0.2) is 5.69 Å². The van der Waals surface area contributed by atoms with Crippen molar-refractivity contribution in [1.29, 1.82) is 0 Å². The summed E-state index contributed by atoms with van der Waals surface area (Å²) in [6.45, 7) is 1.99. The molecule has 0 N–H and O–H groups in total. The summed E-state index contributed by atoms with van der Waals surface area (Å²) in [5.74, 6) is -0.971. The van der Waals surface area contributed by atoms with Crippen LogP contribution in [0.25, 0.3) is 10.6 Å². The Bertz CT molecular complexity index is 585. The summed E-state index contributed by atoms with van der Waals surface area (Å²) >= 11 is 6.85. The molecule has 0 spiro atoms. The highest BCUT2D eigenvalue weighted by molar-refractivity contribution is 7.13. The van der Waals surface area contributed by atoms with Gasteiger partial charge in [0.2, 0.25) is 0 Å². The van der Waals surface area contributed by atoms with Crippen molar-refractivity contribution >= 4 is 28.9 Å². The molecule has 2 aromatic rings. The highest BCUT2D eigenvalue weighted by Gasteiger charge is 2.15. The smallest absolute Gasteiger partial charge is 0.357 e. The molecule has 0 aliphatic heterocycles. The molecule has 0 radical (unpaired) electrons. The number of hydrogen-bond donors (Lipinski definition) is 0. The maximum atomic E-state index is 13.7. The Balaban J connectivity index is 2.32. The van der Waals surface area contributed by atoms with Crippen molar-refractivity contribution in [3.05, 3.63) is 40.1 Å². The first-order chi connectivity index (χ1) is 8.61. The normalized spacial score (nSPS) is 10.4. The maximum absolute atomic E-state index is 13.7. The van der Waals surface area contributed by atoms with E-state index in [2.05, 4.69) is 4.98 Å². The van der Waals surface area contributed by atoms with Crippen LogP contribution in [0.3, 0.4) is 0 Å². The van der Waals surface area contributed by atoms with E-state index in [1.54, 1.807) is 18.4 Å². The van der Waals surface area contributed by atoms with Gasteiger partial charge in [-0.2, -0.15) is 0 Å². The molecule has 0 fully saturated rings. The predicted octanol–water partition coefficient (Wildman–Crippen LogP) is 3.78.